The highest BCUT2D eigenvalue weighted by Crippen LogP contribution is 2.10. The molecule has 0 fully saturated rings. The topological polar surface area (TPSA) is 78.9 Å². The highest BCUT2D eigenvalue weighted by molar-refractivity contribution is 5.99. The first kappa shape index (κ1) is 13.2. The third kappa shape index (κ3) is 3.80. The Hall–Kier alpha value is -1.85. The minimum Gasteiger partial charge on any atom is -0.466 e. The van der Waals surface area contributed by atoms with Gasteiger partial charge in [-0.25, -0.2) is 9.59 Å². The fraction of sp³-hybridized carbons (Fsp3) is 0.444. The summed E-state index contributed by atoms with van der Waals surface area (Å²) in [6.45, 7) is 2.40. The molecule has 6 heteroatoms. The van der Waals surface area contributed by atoms with Gasteiger partial charge in [-0.05, 0) is 6.92 Å². The molecule has 0 aliphatic heterocycles. The van der Waals surface area contributed by atoms with Gasteiger partial charge in [0.15, 0.2) is 0 Å². The van der Waals surface area contributed by atoms with E-state index in [2.05, 4.69) is 14.2 Å². The van der Waals surface area contributed by atoms with E-state index >= 15 is 0 Å². The van der Waals surface area contributed by atoms with E-state index in [1.807, 2.05) is 0 Å². The Balaban J connectivity index is 5.14. The van der Waals surface area contributed by atoms with E-state index < -0.39 is 23.7 Å². The molecule has 0 atom stereocenters. The average Bonchev–Trinajstić information content (AvgIpc) is 2.22. The van der Waals surface area contributed by atoms with E-state index in [4.69, 9.17) is 0 Å². The van der Waals surface area contributed by atoms with Crippen LogP contribution in [0.1, 0.15) is 13.8 Å². The highest BCUT2D eigenvalue weighted by atomic mass is 16.6. The molecule has 0 heterocycles. The predicted octanol–water partition coefficient (Wildman–Crippen LogP) is 0.169. The van der Waals surface area contributed by atoms with Crippen molar-refractivity contribution < 1.29 is 28.6 Å². The van der Waals surface area contributed by atoms with Gasteiger partial charge in [-0.1, -0.05) is 0 Å². The second kappa shape index (κ2) is 5.79. The van der Waals surface area contributed by atoms with Crippen LogP contribution in [-0.4, -0.2) is 32.1 Å². The van der Waals surface area contributed by atoms with Crippen molar-refractivity contribution in [3.63, 3.8) is 0 Å². The third-order valence-electron chi connectivity index (χ3n) is 1.45. The quantitative estimate of drug-likeness (QED) is 0.289. The van der Waals surface area contributed by atoms with Crippen LogP contribution >= 0.6 is 0 Å². The molecule has 0 aromatic heterocycles. The van der Waals surface area contributed by atoms with E-state index in [1.54, 1.807) is 0 Å². The molecule has 0 saturated heterocycles. The van der Waals surface area contributed by atoms with E-state index in [0.717, 1.165) is 21.1 Å². The minimum absolute atomic E-state index is 0.125. The smallest absolute Gasteiger partial charge is 0.374 e. The van der Waals surface area contributed by atoms with Gasteiger partial charge < -0.3 is 14.2 Å². The van der Waals surface area contributed by atoms with E-state index in [9.17, 15) is 14.4 Å². The van der Waals surface area contributed by atoms with Crippen LogP contribution in [0.2, 0.25) is 0 Å². The first-order valence-electron chi connectivity index (χ1n) is 4.00. The van der Waals surface area contributed by atoms with E-state index in [1.165, 1.54) is 6.92 Å². The number of esters is 3. The number of hydrogen-bond acceptors (Lipinski definition) is 6. The molecule has 0 N–H and O–H groups in total. The van der Waals surface area contributed by atoms with Gasteiger partial charge in [-0.3, -0.25) is 4.79 Å². The molecule has 0 aromatic carbocycles. The lowest BCUT2D eigenvalue weighted by molar-refractivity contribution is -0.149. The maximum absolute atomic E-state index is 11.1. The van der Waals surface area contributed by atoms with Crippen molar-refractivity contribution in [1.82, 2.24) is 0 Å². The van der Waals surface area contributed by atoms with E-state index in [0.29, 0.717) is 0 Å². The number of hydrogen-bond donors (Lipinski definition) is 0. The van der Waals surface area contributed by atoms with E-state index in [-0.39, 0.29) is 5.57 Å². The molecule has 0 amide bonds. The van der Waals surface area contributed by atoms with Crippen molar-refractivity contribution in [1.29, 1.82) is 0 Å². The molecule has 0 unspecified atom stereocenters. The van der Waals surface area contributed by atoms with Crippen molar-refractivity contribution in [2.75, 3.05) is 14.2 Å². The Kier molecular flexibility index (Phi) is 5.08. The predicted molar refractivity (Wildman–Crippen MR) is 48.5 cm³/mol. The molecule has 0 saturated carbocycles. The Morgan fingerprint density at radius 3 is 1.67 bits per heavy atom. The number of methoxy groups -OCH3 is 2. The first-order chi connectivity index (χ1) is 6.93. The monoisotopic (exact) mass is 216 g/mol. The van der Waals surface area contributed by atoms with Crippen molar-refractivity contribution in [2.45, 2.75) is 13.8 Å². The molecule has 0 bridgehead atoms. The maximum Gasteiger partial charge on any atom is 0.374 e. The average molecular weight is 216 g/mol. The van der Waals surface area contributed by atoms with Crippen molar-refractivity contribution >= 4 is 17.9 Å². The fourth-order valence-corrected chi connectivity index (χ4v) is 0.754. The summed E-state index contributed by atoms with van der Waals surface area (Å²) >= 11 is 0. The summed E-state index contributed by atoms with van der Waals surface area (Å²) in [6.07, 6.45) is 0. The van der Waals surface area contributed by atoms with Gasteiger partial charge in [0.25, 0.3) is 0 Å². The zero-order chi connectivity index (χ0) is 12.0. The lowest BCUT2D eigenvalue weighted by atomic mass is 10.2. The van der Waals surface area contributed by atoms with Gasteiger partial charge in [0.05, 0.1) is 19.8 Å². The molecular formula is C9H12O6. The molecule has 0 spiro atoms. The Bertz CT molecular complexity index is 315. The highest BCUT2D eigenvalue weighted by Gasteiger charge is 2.22. The van der Waals surface area contributed by atoms with Crippen LogP contribution in [0, 0.1) is 0 Å². The second-order valence-electron chi connectivity index (χ2n) is 2.53. The first-order valence-corrected chi connectivity index (χ1v) is 4.00. The second-order valence-corrected chi connectivity index (χ2v) is 2.53. The summed E-state index contributed by atoms with van der Waals surface area (Å²) in [6, 6.07) is 0. The van der Waals surface area contributed by atoms with Crippen LogP contribution < -0.4 is 0 Å². The molecule has 0 aromatic rings. The van der Waals surface area contributed by atoms with Gasteiger partial charge in [0, 0.05) is 6.92 Å². The number of ether oxygens (including phenoxy) is 3. The van der Waals surface area contributed by atoms with Crippen LogP contribution in [0.25, 0.3) is 0 Å². The standard InChI is InChI=1S/C9H12O6/c1-5(8(11)13-3)7(9(12)14-4)15-6(2)10/h1-4H3/b7-5+. The van der Waals surface area contributed by atoms with Crippen molar-refractivity contribution in [3.05, 3.63) is 11.3 Å². The molecule has 84 valence electrons. The van der Waals surface area contributed by atoms with Gasteiger partial charge in [0.1, 0.15) is 0 Å². The molecule has 6 nitrogen and oxygen atoms in total. The molecule has 0 rings (SSSR count). The summed E-state index contributed by atoms with van der Waals surface area (Å²) in [5.41, 5.74) is -0.125. The lowest BCUT2D eigenvalue weighted by Crippen LogP contribution is -2.17. The van der Waals surface area contributed by atoms with Gasteiger partial charge in [0.2, 0.25) is 5.76 Å². The summed E-state index contributed by atoms with van der Waals surface area (Å²) in [5, 5.41) is 0. The third-order valence-corrected chi connectivity index (χ3v) is 1.45. The van der Waals surface area contributed by atoms with Crippen LogP contribution in [-0.2, 0) is 28.6 Å². The number of carbonyl (C=O) groups excluding carboxylic acids is 3. The minimum atomic E-state index is -0.909. The van der Waals surface area contributed by atoms with Gasteiger partial charge >= 0.3 is 17.9 Å². The van der Waals surface area contributed by atoms with Crippen LogP contribution in [0.15, 0.2) is 11.3 Å². The summed E-state index contributed by atoms with van der Waals surface area (Å²) < 4.78 is 13.3. The maximum atomic E-state index is 11.1. The summed E-state index contributed by atoms with van der Waals surface area (Å²) in [4.78, 5) is 32.9. The van der Waals surface area contributed by atoms with Crippen molar-refractivity contribution in [2.24, 2.45) is 0 Å². The molecule has 0 aliphatic carbocycles. The van der Waals surface area contributed by atoms with Crippen LogP contribution in [0.5, 0.6) is 0 Å². The van der Waals surface area contributed by atoms with Crippen LogP contribution in [0.3, 0.4) is 0 Å². The van der Waals surface area contributed by atoms with Gasteiger partial charge in [-0.15, -0.1) is 0 Å². The lowest BCUT2D eigenvalue weighted by Gasteiger charge is -2.07. The molecule has 0 radical (unpaired) electrons. The molecule has 15 heavy (non-hydrogen) atoms. The molecular weight excluding hydrogens is 204 g/mol. The number of rotatable bonds is 3. The zero-order valence-electron chi connectivity index (χ0n) is 8.95. The Morgan fingerprint density at radius 1 is 0.867 bits per heavy atom. The van der Waals surface area contributed by atoms with Gasteiger partial charge in [-0.2, -0.15) is 0 Å². The Labute approximate surface area is 86.8 Å². The normalized spacial score (nSPS) is 11.2. The fourth-order valence-electron chi connectivity index (χ4n) is 0.754. The molecule has 0 aliphatic rings. The number of carbonyl (C=O) groups is 3. The zero-order valence-corrected chi connectivity index (χ0v) is 8.95. The van der Waals surface area contributed by atoms with Crippen molar-refractivity contribution in [3.8, 4) is 0 Å². The largest absolute Gasteiger partial charge is 0.466 e. The summed E-state index contributed by atoms with van der Waals surface area (Å²) in [5.74, 6) is -2.86. The summed E-state index contributed by atoms with van der Waals surface area (Å²) in [7, 11) is 2.25. The Morgan fingerprint density at radius 2 is 1.33 bits per heavy atom. The van der Waals surface area contributed by atoms with Crippen LogP contribution in [0.4, 0.5) is 0 Å². The SMILES string of the molecule is COC(=O)/C(C)=C(/OC(C)=O)C(=O)OC.